The molecule has 5 nitrogen and oxygen atoms in total. The first-order valence-electron chi connectivity index (χ1n) is 9.95. The van der Waals surface area contributed by atoms with Gasteiger partial charge in [-0.1, -0.05) is 31.5 Å². The van der Waals surface area contributed by atoms with Crippen molar-refractivity contribution in [1.82, 2.24) is 15.1 Å². The maximum Gasteiger partial charge on any atom is 0.217 e. The van der Waals surface area contributed by atoms with Crippen LogP contribution in [-0.4, -0.2) is 67.6 Å². The number of benzene rings is 1. The molecular formula is C21H32ClN4O. The number of rotatable bonds is 6. The Morgan fingerprint density at radius 1 is 1.11 bits per heavy atom. The van der Waals surface area contributed by atoms with Crippen LogP contribution in [0.1, 0.15) is 32.8 Å². The van der Waals surface area contributed by atoms with Crippen molar-refractivity contribution in [1.29, 1.82) is 0 Å². The van der Waals surface area contributed by atoms with Gasteiger partial charge in [0.25, 0.3) is 0 Å². The number of halogens is 1. The number of amides is 1. The summed E-state index contributed by atoms with van der Waals surface area (Å²) in [5, 5.41) is 3.82. The van der Waals surface area contributed by atoms with Gasteiger partial charge in [-0.25, -0.2) is 0 Å². The molecule has 0 spiro atoms. The van der Waals surface area contributed by atoms with Crippen molar-refractivity contribution in [2.75, 3.05) is 50.7 Å². The van der Waals surface area contributed by atoms with Crippen LogP contribution in [0.15, 0.2) is 18.2 Å². The van der Waals surface area contributed by atoms with Crippen molar-refractivity contribution in [3.05, 3.63) is 34.7 Å². The molecule has 1 amide bonds. The zero-order chi connectivity index (χ0) is 19.4. The van der Waals surface area contributed by atoms with E-state index in [1.54, 1.807) is 6.92 Å². The molecule has 2 fully saturated rings. The standard InChI is InChI=1S/C21H32ClN4O/c1-16(2)13-24-8-10-25(11-9-24)14-18-4-5-19(22)12-21(18)26-7-6-20(15-26)23-17(3)27/h4-5,12,20H,6-11,13-15H2,1-3H3,(H,23,27). The molecule has 2 heterocycles. The number of piperazine rings is 1. The van der Waals surface area contributed by atoms with Crippen molar-refractivity contribution >= 4 is 23.2 Å². The van der Waals surface area contributed by atoms with E-state index in [0.29, 0.717) is 0 Å². The molecule has 2 saturated heterocycles. The monoisotopic (exact) mass is 391 g/mol. The number of hydrogen-bond acceptors (Lipinski definition) is 4. The molecule has 27 heavy (non-hydrogen) atoms. The highest BCUT2D eigenvalue weighted by molar-refractivity contribution is 6.30. The minimum atomic E-state index is 0.0469. The summed E-state index contributed by atoms with van der Waals surface area (Å²) < 4.78 is 0. The van der Waals surface area contributed by atoms with Crippen LogP contribution in [-0.2, 0) is 11.3 Å². The Hall–Kier alpha value is -1.30. The van der Waals surface area contributed by atoms with Gasteiger partial charge in [0.15, 0.2) is 0 Å². The van der Waals surface area contributed by atoms with Gasteiger partial charge < -0.3 is 15.1 Å². The number of nitrogens with one attached hydrogen (secondary N) is 1. The Morgan fingerprint density at radius 3 is 2.48 bits per heavy atom. The van der Waals surface area contributed by atoms with Crippen LogP contribution in [0.3, 0.4) is 0 Å². The zero-order valence-corrected chi connectivity index (χ0v) is 17.6. The van der Waals surface area contributed by atoms with Crippen molar-refractivity contribution in [2.45, 2.75) is 39.8 Å². The summed E-state index contributed by atoms with van der Waals surface area (Å²) in [6.45, 7) is 14.3. The average molecular weight is 392 g/mol. The summed E-state index contributed by atoms with van der Waals surface area (Å²) in [4.78, 5) is 18.8. The fourth-order valence-electron chi connectivity index (χ4n) is 4.14. The molecule has 2 aliphatic rings. The van der Waals surface area contributed by atoms with E-state index >= 15 is 0 Å². The third-order valence-electron chi connectivity index (χ3n) is 5.38. The Labute approximate surface area is 168 Å². The molecule has 1 aromatic rings. The lowest BCUT2D eigenvalue weighted by Crippen LogP contribution is -2.46. The highest BCUT2D eigenvalue weighted by Gasteiger charge is 2.26. The highest BCUT2D eigenvalue weighted by Crippen LogP contribution is 2.29. The average Bonchev–Trinajstić information content (AvgIpc) is 3.05. The van der Waals surface area contributed by atoms with E-state index in [2.05, 4.69) is 46.0 Å². The molecule has 1 N–H and O–H groups in total. The van der Waals surface area contributed by atoms with Crippen molar-refractivity contribution in [3.8, 4) is 0 Å². The van der Waals surface area contributed by atoms with Gasteiger partial charge in [-0.15, -0.1) is 0 Å². The Kier molecular flexibility index (Phi) is 7.01. The van der Waals surface area contributed by atoms with Crippen LogP contribution in [0.25, 0.3) is 0 Å². The molecule has 1 unspecified atom stereocenters. The van der Waals surface area contributed by atoms with Gasteiger partial charge in [0.2, 0.25) is 5.91 Å². The highest BCUT2D eigenvalue weighted by atomic mass is 35.5. The number of hydrogen-bond donors (Lipinski definition) is 1. The molecular weight excluding hydrogens is 360 g/mol. The third-order valence-corrected chi connectivity index (χ3v) is 5.62. The van der Waals surface area contributed by atoms with E-state index in [-0.39, 0.29) is 11.9 Å². The van der Waals surface area contributed by atoms with Gasteiger partial charge in [-0.05, 0) is 30.0 Å². The van der Waals surface area contributed by atoms with Crippen LogP contribution < -0.4 is 10.2 Å². The summed E-state index contributed by atoms with van der Waals surface area (Å²) in [5.74, 6) is 1.52. The van der Waals surface area contributed by atoms with Gasteiger partial charge in [-0.3, -0.25) is 9.69 Å². The first-order valence-corrected chi connectivity index (χ1v) is 10.3. The fourth-order valence-corrected chi connectivity index (χ4v) is 4.31. The van der Waals surface area contributed by atoms with Crippen molar-refractivity contribution in [2.24, 2.45) is 0 Å². The molecule has 1 radical (unpaired) electrons. The summed E-state index contributed by atoms with van der Waals surface area (Å²) in [7, 11) is 0. The molecule has 3 rings (SSSR count). The third kappa shape index (κ3) is 5.84. The Morgan fingerprint density at radius 2 is 1.81 bits per heavy atom. The second kappa shape index (κ2) is 9.26. The van der Waals surface area contributed by atoms with Gasteiger partial charge in [0.1, 0.15) is 0 Å². The summed E-state index contributed by atoms with van der Waals surface area (Å²) >= 11 is 6.31. The van der Waals surface area contributed by atoms with Gasteiger partial charge in [0.05, 0.1) is 0 Å². The minimum Gasteiger partial charge on any atom is -0.369 e. The van der Waals surface area contributed by atoms with E-state index in [0.717, 1.165) is 63.8 Å². The lowest BCUT2D eigenvalue weighted by atomic mass is 10.1. The van der Waals surface area contributed by atoms with Crippen LogP contribution in [0.2, 0.25) is 5.02 Å². The van der Waals surface area contributed by atoms with Crippen LogP contribution in [0.4, 0.5) is 5.69 Å². The van der Waals surface area contributed by atoms with E-state index < -0.39 is 0 Å². The summed E-state index contributed by atoms with van der Waals surface area (Å²) in [6.07, 6.45) is 0.983. The quantitative estimate of drug-likeness (QED) is 0.809. The molecule has 0 aliphatic carbocycles. The van der Waals surface area contributed by atoms with Crippen LogP contribution >= 0.6 is 11.6 Å². The van der Waals surface area contributed by atoms with E-state index in [1.165, 1.54) is 17.2 Å². The predicted molar refractivity (Wildman–Crippen MR) is 112 cm³/mol. The SMILES string of the molecule is C[C](C)CN1CCN(Cc2ccc(Cl)cc2N2CCC(NC(C)=O)C2)CC1. The van der Waals surface area contributed by atoms with Crippen molar-refractivity contribution < 1.29 is 4.79 Å². The molecule has 149 valence electrons. The molecule has 6 heteroatoms. The van der Waals surface area contributed by atoms with Gasteiger partial charge >= 0.3 is 0 Å². The Balaban J connectivity index is 1.62. The van der Waals surface area contributed by atoms with Crippen LogP contribution in [0, 0.1) is 5.92 Å². The lowest BCUT2D eigenvalue weighted by molar-refractivity contribution is -0.119. The lowest BCUT2D eigenvalue weighted by Gasteiger charge is -2.36. The topological polar surface area (TPSA) is 38.8 Å². The summed E-state index contributed by atoms with van der Waals surface area (Å²) in [5.41, 5.74) is 2.55. The minimum absolute atomic E-state index is 0.0469. The maximum atomic E-state index is 11.4. The van der Waals surface area contributed by atoms with E-state index in [9.17, 15) is 4.79 Å². The molecule has 0 saturated carbocycles. The second-order valence-electron chi connectivity index (χ2n) is 8.16. The number of carbonyl (C=O) groups excluding carboxylic acids is 1. The fraction of sp³-hybridized carbons (Fsp3) is 0.619. The van der Waals surface area contributed by atoms with Gasteiger partial charge in [-0.2, -0.15) is 0 Å². The number of anilines is 1. The first kappa shape index (κ1) is 20.4. The van der Waals surface area contributed by atoms with E-state index in [1.807, 2.05) is 6.07 Å². The van der Waals surface area contributed by atoms with E-state index in [4.69, 9.17) is 11.6 Å². The van der Waals surface area contributed by atoms with Crippen LogP contribution in [0.5, 0.6) is 0 Å². The first-order chi connectivity index (χ1) is 12.9. The largest absolute Gasteiger partial charge is 0.369 e. The number of carbonyl (C=O) groups is 1. The zero-order valence-electron chi connectivity index (χ0n) is 16.8. The van der Waals surface area contributed by atoms with Crippen molar-refractivity contribution in [3.63, 3.8) is 0 Å². The molecule has 2 aliphatic heterocycles. The molecule has 0 aromatic heterocycles. The molecule has 1 atom stereocenters. The predicted octanol–water partition coefficient (Wildman–Crippen LogP) is 2.79. The maximum absolute atomic E-state index is 11.4. The smallest absolute Gasteiger partial charge is 0.217 e. The van der Waals surface area contributed by atoms with Gasteiger partial charge in [0, 0.05) is 76.0 Å². The Bertz CT molecular complexity index is 643. The normalized spacial score (nSPS) is 21.8. The number of nitrogens with zero attached hydrogens (tertiary/aromatic N) is 3. The second-order valence-corrected chi connectivity index (χ2v) is 8.60. The summed E-state index contributed by atoms with van der Waals surface area (Å²) in [6, 6.07) is 6.47. The molecule has 0 bridgehead atoms. The molecule has 1 aromatic carbocycles.